The van der Waals surface area contributed by atoms with E-state index >= 15 is 0 Å². The lowest BCUT2D eigenvalue weighted by Gasteiger charge is -2.16. The second kappa shape index (κ2) is 7.39. The van der Waals surface area contributed by atoms with Gasteiger partial charge in [-0.25, -0.2) is 4.79 Å². The second-order valence-corrected chi connectivity index (χ2v) is 3.54. The van der Waals surface area contributed by atoms with Crippen LogP contribution >= 0.6 is 0 Å². The number of carbonyl (C=O) groups excluding carboxylic acids is 2. The molecule has 1 unspecified atom stereocenters. The number of carboxylic acid groups (broad SMARTS) is 1. The fraction of sp³-hybridized carbons (Fsp3) is 0.500. The van der Waals surface area contributed by atoms with Crippen molar-refractivity contribution in [1.82, 2.24) is 5.32 Å². The van der Waals surface area contributed by atoms with E-state index in [-0.39, 0.29) is 19.3 Å². The van der Waals surface area contributed by atoms with E-state index in [4.69, 9.17) is 16.6 Å². The molecular weight excluding hydrogens is 226 g/mol. The maximum absolute atomic E-state index is 11.4. The molecule has 0 aliphatic carbocycles. The molecular formula is C10H17N3O4. The van der Waals surface area contributed by atoms with E-state index in [1.54, 1.807) is 0 Å². The predicted octanol–water partition coefficient (Wildman–Crippen LogP) is -1.28. The largest absolute Gasteiger partial charge is 0.480 e. The summed E-state index contributed by atoms with van der Waals surface area (Å²) in [5, 5.41) is 11.1. The highest BCUT2D eigenvalue weighted by Crippen LogP contribution is 1.99. The van der Waals surface area contributed by atoms with Crippen LogP contribution in [0.1, 0.15) is 19.3 Å². The minimum atomic E-state index is -1.23. The Bertz CT molecular complexity index is 317. The van der Waals surface area contributed by atoms with Crippen molar-refractivity contribution in [3.8, 4) is 0 Å². The molecule has 0 aromatic heterocycles. The molecule has 0 saturated heterocycles. The fourth-order valence-corrected chi connectivity index (χ4v) is 1.11. The van der Waals surface area contributed by atoms with Crippen LogP contribution in [0.3, 0.4) is 0 Å². The van der Waals surface area contributed by atoms with Crippen molar-refractivity contribution in [2.75, 3.05) is 0 Å². The number of rotatable bonds is 8. The SMILES string of the molecule is C=CCC(N)C(=O)N[C@@H](CCC(N)=O)C(=O)O. The zero-order chi connectivity index (χ0) is 13.4. The van der Waals surface area contributed by atoms with Gasteiger partial charge < -0.3 is 21.9 Å². The van der Waals surface area contributed by atoms with E-state index in [0.29, 0.717) is 0 Å². The number of carboxylic acids is 1. The van der Waals surface area contributed by atoms with Crippen molar-refractivity contribution < 1.29 is 19.5 Å². The predicted molar refractivity (Wildman–Crippen MR) is 60.8 cm³/mol. The van der Waals surface area contributed by atoms with Crippen molar-refractivity contribution in [2.45, 2.75) is 31.3 Å². The topological polar surface area (TPSA) is 136 Å². The van der Waals surface area contributed by atoms with Crippen LogP contribution in [0, 0.1) is 0 Å². The van der Waals surface area contributed by atoms with Crippen molar-refractivity contribution in [1.29, 1.82) is 0 Å². The van der Waals surface area contributed by atoms with Gasteiger partial charge in [-0.2, -0.15) is 0 Å². The first-order valence-electron chi connectivity index (χ1n) is 5.06. The summed E-state index contributed by atoms with van der Waals surface area (Å²) in [6, 6.07) is -2.01. The zero-order valence-electron chi connectivity index (χ0n) is 9.39. The summed E-state index contributed by atoms with van der Waals surface area (Å²) in [5.74, 6) is -2.45. The summed E-state index contributed by atoms with van der Waals surface area (Å²) in [5.41, 5.74) is 10.4. The molecule has 0 radical (unpaired) electrons. The molecule has 7 nitrogen and oxygen atoms in total. The Labute approximate surface area is 98.8 Å². The van der Waals surface area contributed by atoms with E-state index in [0.717, 1.165) is 0 Å². The lowest BCUT2D eigenvalue weighted by molar-refractivity contribution is -0.142. The van der Waals surface area contributed by atoms with Crippen LogP contribution in [-0.2, 0) is 14.4 Å². The highest BCUT2D eigenvalue weighted by atomic mass is 16.4. The van der Waals surface area contributed by atoms with Gasteiger partial charge in [-0.15, -0.1) is 6.58 Å². The van der Waals surface area contributed by atoms with Crippen LogP contribution in [0.25, 0.3) is 0 Å². The molecule has 2 amide bonds. The zero-order valence-corrected chi connectivity index (χ0v) is 9.39. The maximum atomic E-state index is 11.4. The van der Waals surface area contributed by atoms with Gasteiger partial charge in [0.1, 0.15) is 6.04 Å². The number of primary amides is 1. The van der Waals surface area contributed by atoms with Gasteiger partial charge in [-0.05, 0) is 12.8 Å². The number of nitrogens with two attached hydrogens (primary N) is 2. The van der Waals surface area contributed by atoms with E-state index in [1.165, 1.54) is 6.08 Å². The molecule has 0 saturated carbocycles. The Morgan fingerprint density at radius 2 is 2.00 bits per heavy atom. The smallest absolute Gasteiger partial charge is 0.326 e. The Balaban J connectivity index is 4.33. The molecule has 17 heavy (non-hydrogen) atoms. The van der Waals surface area contributed by atoms with Crippen molar-refractivity contribution in [3.63, 3.8) is 0 Å². The number of carbonyl (C=O) groups is 3. The summed E-state index contributed by atoms with van der Waals surface area (Å²) in [4.78, 5) is 32.8. The van der Waals surface area contributed by atoms with Crippen molar-refractivity contribution >= 4 is 17.8 Å². The summed E-state index contributed by atoms with van der Waals surface area (Å²) in [7, 11) is 0. The molecule has 0 aliphatic rings. The van der Waals surface area contributed by atoms with Crippen LogP contribution in [-0.4, -0.2) is 35.0 Å². The van der Waals surface area contributed by atoms with Crippen LogP contribution < -0.4 is 16.8 Å². The molecule has 0 rings (SSSR count). The molecule has 6 N–H and O–H groups in total. The van der Waals surface area contributed by atoms with E-state index in [2.05, 4.69) is 11.9 Å². The molecule has 96 valence electrons. The third-order valence-corrected chi connectivity index (χ3v) is 2.05. The van der Waals surface area contributed by atoms with Crippen LogP contribution in [0.15, 0.2) is 12.7 Å². The summed E-state index contributed by atoms with van der Waals surface area (Å²) < 4.78 is 0. The Morgan fingerprint density at radius 3 is 2.41 bits per heavy atom. The van der Waals surface area contributed by atoms with E-state index in [9.17, 15) is 14.4 Å². The first-order valence-corrected chi connectivity index (χ1v) is 5.06. The third kappa shape index (κ3) is 6.31. The highest BCUT2D eigenvalue weighted by molar-refractivity contribution is 5.87. The lowest BCUT2D eigenvalue weighted by atomic mass is 10.1. The monoisotopic (exact) mass is 243 g/mol. The molecule has 2 atom stereocenters. The second-order valence-electron chi connectivity index (χ2n) is 3.54. The van der Waals surface area contributed by atoms with E-state index in [1.807, 2.05) is 0 Å². The minimum absolute atomic E-state index is 0.0583. The highest BCUT2D eigenvalue weighted by Gasteiger charge is 2.22. The number of aliphatic carboxylic acids is 1. The van der Waals surface area contributed by atoms with Crippen molar-refractivity contribution in [3.05, 3.63) is 12.7 Å². The van der Waals surface area contributed by atoms with Gasteiger partial charge in [0.25, 0.3) is 0 Å². The van der Waals surface area contributed by atoms with Gasteiger partial charge in [-0.3, -0.25) is 9.59 Å². The molecule has 0 heterocycles. The average molecular weight is 243 g/mol. The Morgan fingerprint density at radius 1 is 1.41 bits per heavy atom. The first kappa shape index (κ1) is 15.1. The number of hydrogen-bond acceptors (Lipinski definition) is 4. The first-order chi connectivity index (χ1) is 7.88. The van der Waals surface area contributed by atoms with Gasteiger partial charge in [0.05, 0.1) is 6.04 Å². The summed E-state index contributed by atoms with van der Waals surface area (Å²) >= 11 is 0. The standard InChI is InChI=1S/C10H17N3O4/c1-2-3-6(11)9(15)13-7(10(16)17)4-5-8(12)14/h2,6-7H,1,3-5,11H2,(H2,12,14)(H,13,15)(H,16,17)/t6?,7-/m0/s1. The van der Waals surface area contributed by atoms with Crippen molar-refractivity contribution in [2.24, 2.45) is 11.5 Å². The van der Waals surface area contributed by atoms with Gasteiger partial charge in [0.15, 0.2) is 0 Å². The Hall–Kier alpha value is -1.89. The molecule has 0 fully saturated rings. The number of amides is 2. The molecule has 0 bridgehead atoms. The number of hydrogen-bond donors (Lipinski definition) is 4. The molecule has 0 aromatic carbocycles. The maximum Gasteiger partial charge on any atom is 0.326 e. The molecule has 0 aliphatic heterocycles. The summed E-state index contributed by atoms with van der Waals surface area (Å²) in [6.45, 7) is 3.42. The summed E-state index contributed by atoms with van der Waals surface area (Å²) in [6.07, 6.45) is 1.53. The third-order valence-electron chi connectivity index (χ3n) is 2.05. The van der Waals surface area contributed by atoms with Gasteiger partial charge in [0.2, 0.25) is 11.8 Å². The fourth-order valence-electron chi connectivity index (χ4n) is 1.11. The van der Waals surface area contributed by atoms with E-state index < -0.39 is 29.9 Å². The molecule has 7 heteroatoms. The van der Waals surface area contributed by atoms with Crippen LogP contribution in [0.4, 0.5) is 0 Å². The van der Waals surface area contributed by atoms with Crippen LogP contribution in [0.5, 0.6) is 0 Å². The normalized spacial score (nSPS) is 13.5. The molecule has 0 spiro atoms. The van der Waals surface area contributed by atoms with Crippen LogP contribution in [0.2, 0.25) is 0 Å². The number of nitrogens with one attached hydrogen (secondary N) is 1. The quantitative estimate of drug-likeness (QED) is 0.394. The minimum Gasteiger partial charge on any atom is -0.480 e. The molecule has 0 aromatic rings. The van der Waals surface area contributed by atoms with Gasteiger partial charge in [0, 0.05) is 6.42 Å². The average Bonchev–Trinajstić information content (AvgIpc) is 2.23. The Kier molecular flexibility index (Phi) is 6.57. The van der Waals surface area contributed by atoms with Gasteiger partial charge >= 0.3 is 5.97 Å². The van der Waals surface area contributed by atoms with Gasteiger partial charge in [-0.1, -0.05) is 6.08 Å². The lowest BCUT2D eigenvalue weighted by Crippen LogP contribution is -2.48.